The molecule has 4 heteroatoms. The summed E-state index contributed by atoms with van der Waals surface area (Å²) in [5.41, 5.74) is -1.08. The first-order valence-corrected chi connectivity index (χ1v) is 10.3. The van der Waals surface area contributed by atoms with Gasteiger partial charge in [0.1, 0.15) is 12.2 Å². The first kappa shape index (κ1) is 17.1. The Kier molecular flexibility index (Phi) is 4.88. The lowest BCUT2D eigenvalue weighted by molar-refractivity contribution is -0.182. The predicted molar refractivity (Wildman–Crippen MR) is 93.7 cm³/mol. The zero-order valence-corrected chi connectivity index (χ0v) is 15.1. The van der Waals surface area contributed by atoms with Crippen LogP contribution in [0.3, 0.4) is 0 Å². The number of hydrogen-bond donors (Lipinski definition) is 0. The summed E-state index contributed by atoms with van der Waals surface area (Å²) in [6.45, 7) is 0. The van der Waals surface area contributed by atoms with Crippen molar-refractivity contribution in [2.75, 3.05) is 0 Å². The highest BCUT2D eigenvalue weighted by molar-refractivity contribution is 6.01. The minimum atomic E-state index is -1.08. The second kappa shape index (κ2) is 7.13. The van der Waals surface area contributed by atoms with Crippen molar-refractivity contribution in [1.82, 2.24) is 0 Å². The second-order valence-electron chi connectivity index (χ2n) is 8.49. The van der Waals surface area contributed by atoms with Crippen LogP contribution in [0.15, 0.2) is 12.2 Å². The molecular formula is C21H30O4. The zero-order valence-electron chi connectivity index (χ0n) is 15.1. The number of rotatable bonds is 4. The van der Waals surface area contributed by atoms with Crippen molar-refractivity contribution < 1.29 is 19.1 Å². The number of esters is 2. The Morgan fingerprint density at radius 3 is 1.68 bits per heavy atom. The fourth-order valence-corrected chi connectivity index (χ4v) is 5.29. The maximum absolute atomic E-state index is 13.2. The highest BCUT2D eigenvalue weighted by Crippen LogP contribution is 2.54. The molecule has 4 aliphatic carbocycles. The third kappa shape index (κ3) is 3.24. The average Bonchev–Trinajstić information content (AvgIpc) is 3.25. The first-order chi connectivity index (χ1) is 12.2. The van der Waals surface area contributed by atoms with Gasteiger partial charge in [-0.2, -0.15) is 0 Å². The maximum atomic E-state index is 13.2. The predicted octanol–water partition coefficient (Wildman–Crippen LogP) is 4.32. The van der Waals surface area contributed by atoms with Gasteiger partial charge < -0.3 is 9.47 Å². The molecule has 0 saturated heterocycles. The lowest BCUT2D eigenvalue weighted by Crippen LogP contribution is -2.47. The fourth-order valence-electron chi connectivity index (χ4n) is 5.29. The minimum Gasteiger partial charge on any atom is -0.462 e. The molecule has 3 saturated carbocycles. The van der Waals surface area contributed by atoms with Crippen LogP contribution in [0.2, 0.25) is 0 Å². The SMILES string of the molecule is O=C(OC1CCCCC1)C1(C(=O)OC2CCCCC2)CC2C=CC1C2. The van der Waals surface area contributed by atoms with Crippen molar-refractivity contribution in [1.29, 1.82) is 0 Å². The molecule has 4 aliphatic rings. The van der Waals surface area contributed by atoms with Crippen LogP contribution < -0.4 is 0 Å². The molecule has 4 nitrogen and oxygen atoms in total. The molecule has 2 unspecified atom stereocenters. The summed E-state index contributed by atoms with van der Waals surface area (Å²) in [5.74, 6) is -0.332. The van der Waals surface area contributed by atoms with E-state index in [1.807, 2.05) is 0 Å². The van der Waals surface area contributed by atoms with Gasteiger partial charge in [0.25, 0.3) is 0 Å². The molecule has 0 radical (unpaired) electrons. The molecular weight excluding hydrogens is 316 g/mol. The van der Waals surface area contributed by atoms with E-state index in [4.69, 9.17) is 9.47 Å². The van der Waals surface area contributed by atoms with Crippen LogP contribution in [-0.4, -0.2) is 24.1 Å². The van der Waals surface area contributed by atoms with Crippen molar-refractivity contribution >= 4 is 11.9 Å². The van der Waals surface area contributed by atoms with Gasteiger partial charge in [-0.3, -0.25) is 9.59 Å². The largest absolute Gasteiger partial charge is 0.462 e. The average molecular weight is 346 g/mol. The Balaban J connectivity index is 1.49. The van der Waals surface area contributed by atoms with Gasteiger partial charge in [0.2, 0.25) is 0 Å². The van der Waals surface area contributed by atoms with Crippen LogP contribution in [0.5, 0.6) is 0 Å². The molecule has 0 aromatic rings. The number of ether oxygens (including phenoxy) is 2. The third-order valence-corrected chi connectivity index (χ3v) is 6.77. The summed E-state index contributed by atoms with van der Waals surface area (Å²) in [4.78, 5) is 26.3. The van der Waals surface area contributed by atoms with Crippen molar-refractivity contribution in [3.05, 3.63) is 12.2 Å². The molecule has 2 bridgehead atoms. The lowest BCUT2D eigenvalue weighted by Gasteiger charge is -2.35. The molecule has 0 aromatic heterocycles. The van der Waals surface area contributed by atoms with E-state index in [2.05, 4.69) is 12.2 Å². The number of hydrogen-bond acceptors (Lipinski definition) is 4. The Morgan fingerprint density at radius 2 is 1.28 bits per heavy atom. The summed E-state index contributed by atoms with van der Waals surface area (Å²) in [6, 6.07) is 0. The van der Waals surface area contributed by atoms with E-state index in [0.717, 1.165) is 57.8 Å². The maximum Gasteiger partial charge on any atom is 0.324 e. The van der Waals surface area contributed by atoms with Crippen molar-refractivity contribution in [3.63, 3.8) is 0 Å². The summed E-state index contributed by atoms with van der Waals surface area (Å²) in [7, 11) is 0. The van der Waals surface area contributed by atoms with E-state index in [0.29, 0.717) is 12.3 Å². The Bertz CT molecular complexity index is 508. The van der Waals surface area contributed by atoms with Crippen LogP contribution in [0, 0.1) is 17.3 Å². The summed E-state index contributed by atoms with van der Waals surface area (Å²) in [6.07, 6.45) is 16.3. The number of fused-ring (bicyclic) bond motifs is 2. The number of carbonyl (C=O) groups excluding carboxylic acids is 2. The molecule has 0 aliphatic heterocycles. The van der Waals surface area contributed by atoms with Gasteiger partial charge in [-0.15, -0.1) is 0 Å². The van der Waals surface area contributed by atoms with Gasteiger partial charge in [0.15, 0.2) is 5.41 Å². The quantitative estimate of drug-likeness (QED) is 0.432. The molecule has 0 heterocycles. The van der Waals surface area contributed by atoms with Gasteiger partial charge >= 0.3 is 11.9 Å². The highest BCUT2D eigenvalue weighted by Gasteiger charge is 2.61. The van der Waals surface area contributed by atoms with E-state index in [1.165, 1.54) is 12.8 Å². The van der Waals surface area contributed by atoms with Crippen LogP contribution in [0.4, 0.5) is 0 Å². The molecule has 2 atom stereocenters. The first-order valence-electron chi connectivity index (χ1n) is 10.3. The normalized spacial score (nSPS) is 31.8. The molecule has 138 valence electrons. The molecule has 0 amide bonds. The topological polar surface area (TPSA) is 52.6 Å². The van der Waals surface area contributed by atoms with E-state index < -0.39 is 5.41 Å². The van der Waals surface area contributed by atoms with Gasteiger partial charge in [0.05, 0.1) is 0 Å². The third-order valence-electron chi connectivity index (χ3n) is 6.77. The Morgan fingerprint density at radius 1 is 0.760 bits per heavy atom. The molecule has 3 fully saturated rings. The van der Waals surface area contributed by atoms with Gasteiger partial charge in [-0.05, 0) is 70.1 Å². The lowest BCUT2D eigenvalue weighted by atomic mass is 9.75. The van der Waals surface area contributed by atoms with Crippen molar-refractivity contribution in [2.45, 2.75) is 89.3 Å². The van der Waals surface area contributed by atoms with E-state index >= 15 is 0 Å². The summed E-state index contributed by atoms with van der Waals surface area (Å²) in [5, 5.41) is 0. The van der Waals surface area contributed by atoms with Gasteiger partial charge in [-0.25, -0.2) is 0 Å². The highest BCUT2D eigenvalue weighted by atomic mass is 16.6. The Labute approximate surface area is 150 Å². The van der Waals surface area contributed by atoms with Gasteiger partial charge in [0, 0.05) is 5.92 Å². The van der Waals surface area contributed by atoms with Crippen LogP contribution >= 0.6 is 0 Å². The Hall–Kier alpha value is -1.32. The number of allylic oxidation sites excluding steroid dienone is 2. The minimum absolute atomic E-state index is 0.0105. The number of carbonyl (C=O) groups is 2. The standard InChI is InChI=1S/C21H30O4/c22-19(24-17-7-3-1-4-8-17)21(14-15-11-12-16(21)13-15)20(23)25-18-9-5-2-6-10-18/h11-12,15-18H,1-10,13-14H2. The summed E-state index contributed by atoms with van der Waals surface area (Å²) < 4.78 is 11.7. The molecule has 0 spiro atoms. The van der Waals surface area contributed by atoms with Gasteiger partial charge in [-0.1, -0.05) is 25.0 Å². The van der Waals surface area contributed by atoms with Crippen LogP contribution in [0.25, 0.3) is 0 Å². The smallest absolute Gasteiger partial charge is 0.324 e. The molecule has 0 N–H and O–H groups in total. The van der Waals surface area contributed by atoms with Crippen molar-refractivity contribution in [2.24, 2.45) is 17.3 Å². The molecule has 4 rings (SSSR count). The van der Waals surface area contributed by atoms with E-state index in [9.17, 15) is 9.59 Å². The summed E-state index contributed by atoms with van der Waals surface area (Å²) >= 11 is 0. The second-order valence-corrected chi connectivity index (χ2v) is 8.49. The zero-order chi connectivity index (χ0) is 17.3. The van der Waals surface area contributed by atoms with E-state index in [-0.39, 0.29) is 30.1 Å². The monoisotopic (exact) mass is 346 g/mol. The fraction of sp³-hybridized carbons (Fsp3) is 0.810. The molecule has 0 aromatic carbocycles. The van der Waals surface area contributed by atoms with Crippen LogP contribution in [0.1, 0.15) is 77.0 Å². The van der Waals surface area contributed by atoms with E-state index in [1.54, 1.807) is 0 Å². The van der Waals surface area contributed by atoms with Crippen LogP contribution in [-0.2, 0) is 19.1 Å². The van der Waals surface area contributed by atoms with Crippen molar-refractivity contribution in [3.8, 4) is 0 Å². The molecule has 25 heavy (non-hydrogen) atoms.